The highest BCUT2D eigenvalue weighted by Gasteiger charge is 2.33. The smallest absolute Gasteiger partial charge is 0.237 e. The first-order valence-corrected chi connectivity index (χ1v) is 9.19. The molecule has 1 saturated heterocycles. The van der Waals surface area contributed by atoms with Crippen molar-refractivity contribution in [1.29, 1.82) is 0 Å². The van der Waals surface area contributed by atoms with Crippen LogP contribution in [0.15, 0.2) is 34.9 Å². The SMILES string of the molecule is CCN(Cc1noc(C)n1)C(=O)C[C@@H]1C(=O)NCCN1Cc1ccccc1. The number of amides is 2. The van der Waals surface area contributed by atoms with E-state index in [0.29, 0.717) is 31.3 Å². The fourth-order valence-corrected chi connectivity index (χ4v) is 3.24. The molecule has 1 aromatic heterocycles. The zero-order valence-corrected chi connectivity index (χ0v) is 15.7. The van der Waals surface area contributed by atoms with Gasteiger partial charge in [0.25, 0.3) is 0 Å². The molecule has 2 amide bonds. The van der Waals surface area contributed by atoms with Crippen LogP contribution in [0.25, 0.3) is 0 Å². The molecule has 0 radical (unpaired) electrons. The van der Waals surface area contributed by atoms with Crippen LogP contribution < -0.4 is 5.32 Å². The van der Waals surface area contributed by atoms with Gasteiger partial charge >= 0.3 is 0 Å². The fourth-order valence-electron chi connectivity index (χ4n) is 3.24. The zero-order chi connectivity index (χ0) is 19.2. The Morgan fingerprint density at radius 3 is 2.81 bits per heavy atom. The van der Waals surface area contributed by atoms with Gasteiger partial charge in [-0.3, -0.25) is 14.5 Å². The standard InChI is InChI=1S/C19H25N5O3/c1-3-23(13-17-21-14(2)27-22-17)18(25)11-16-19(26)20-9-10-24(16)12-15-7-5-4-6-8-15/h4-8,16H,3,9-13H2,1-2H3,(H,20,26)/t16-/m1/s1. The molecule has 0 bridgehead atoms. The Balaban J connectivity index is 1.67. The highest BCUT2D eigenvalue weighted by Crippen LogP contribution is 2.16. The molecule has 144 valence electrons. The van der Waals surface area contributed by atoms with Gasteiger partial charge in [0, 0.05) is 33.1 Å². The van der Waals surface area contributed by atoms with Crippen LogP contribution in [0.3, 0.4) is 0 Å². The van der Waals surface area contributed by atoms with E-state index in [0.717, 1.165) is 12.1 Å². The van der Waals surface area contributed by atoms with Crippen molar-refractivity contribution in [2.45, 2.75) is 39.4 Å². The summed E-state index contributed by atoms with van der Waals surface area (Å²) in [6.45, 7) is 6.35. The van der Waals surface area contributed by atoms with Gasteiger partial charge in [0.05, 0.1) is 19.0 Å². The number of aromatic nitrogens is 2. The average Bonchev–Trinajstić information content (AvgIpc) is 3.08. The number of hydrogen-bond acceptors (Lipinski definition) is 6. The first-order valence-electron chi connectivity index (χ1n) is 9.19. The number of aryl methyl sites for hydroxylation is 1. The molecular weight excluding hydrogens is 346 g/mol. The highest BCUT2D eigenvalue weighted by atomic mass is 16.5. The minimum absolute atomic E-state index is 0.0972. The number of carbonyl (C=O) groups excluding carboxylic acids is 2. The molecular formula is C19H25N5O3. The topological polar surface area (TPSA) is 91.6 Å². The zero-order valence-electron chi connectivity index (χ0n) is 15.7. The summed E-state index contributed by atoms with van der Waals surface area (Å²) in [5, 5.41) is 6.72. The minimum atomic E-state index is -0.479. The van der Waals surface area contributed by atoms with E-state index in [1.165, 1.54) is 0 Å². The van der Waals surface area contributed by atoms with Gasteiger partial charge in [-0.05, 0) is 12.5 Å². The van der Waals surface area contributed by atoms with Crippen molar-refractivity contribution in [1.82, 2.24) is 25.3 Å². The van der Waals surface area contributed by atoms with E-state index >= 15 is 0 Å². The molecule has 8 heteroatoms. The van der Waals surface area contributed by atoms with Crippen LogP contribution in [-0.4, -0.2) is 57.4 Å². The maximum Gasteiger partial charge on any atom is 0.237 e. The molecule has 2 aromatic rings. The van der Waals surface area contributed by atoms with Crippen molar-refractivity contribution in [3.05, 3.63) is 47.6 Å². The second-order valence-electron chi connectivity index (χ2n) is 6.60. The van der Waals surface area contributed by atoms with E-state index in [1.54, 1.807) is 11.8 Å². The lowest BCUT2D eigenvalue weighted by atomic mass is 10.1. The van der Waals surface area contributed by atoms with Crippen LogP contribution in [0, 0.1) is 6.92 Å². The molecule has 27 heavy (non-hydrogen) atoms. The van der Waals surface area contributed by atoms with Crippen molar-refractivity contribution in [3.63, 3.8) is 0 Å². The van der Waals surface area contributed by atoms with Crippen LogP contribution in [0.2, 0.25) is 0 Å². The van der Waals surface area contributed by atoms with Gasteiger partial charge in [0.15, 0.2) is 5.82 Å². The van der Waals surface area contributed by atoms with Gasteiger partial charge in [-0.1, -0.05) is 35.5 Å². The maximum absolute atomic E-state index is 12.8. The molecule has 0 unspecified atom stereocenters. The lowest BCUT2D eigenvalue weighted by Crippen LogP contribution is -2.56. The molecule has 1 aliphatic rings. The summed E-state index contributed by atoms with van der Waals surface area (Å²) in [5.41, 5.74) is 1.12. The van der Waals surface area contributed by atoms with Gasteiger partial charge in [-0.25, -0.2) is 0 Å². The quantitative estimate of drug-likeness (QED) is 0.784. The summed E-state index contributed by atoms with van der Waals surface area (Å²) in [5.74, 6) is 0.739. The van der Waals surface area contributed by atoms with Crippen molar-refractivity contribution < 1.29 is 14.1 Å². The lowest BCUT2D eigenvalue weighted by molar-refractivity contribution is -0.139. The van der Waals surface area contributed by atoms with Crippen LogP contribution in [0.1, 0.15) is 30.6 Å². The number of nitrogens with zero attached hydrogens (tertiary/aromatic N) is 4. The summed E-state index contributed by atoms with van der Waals surface area (Å²) in [4.78, 5) is 33.1. The summed E-state index contributed by atoms with van der Waals surface area (Å²) in [6, 6.07) is 9.50. The second-order valence-corrected chi connectivity index (χ2v) is 6.60. The van der Waals surface area contributed by atoms with Crippen LogP contribution in [-0.2, 0) is 22.7 Å². The van der Waals surface area contributed by atoms with E-state index in [1.807, 2.05) is 37.3 Å². The van der Waals surface area contributed by atoms with Gasteiger partial charge in [0.1, 0.15) is 0 Å². The third-order valence-electron chi connectivity index (χ3n) is 4.67. The second kappa shape index (κ2) is 8.77. The normalized spacial score (nSPS) is 17.6. The third kappa shape index (κ3) is 4.91. The number of rotatable bonds is 7. The predicted octanol–water partition coefficient (Wildman–Crippen LogP) is 1.12. The summed E-state index contributed by atoms with van der Waals surface area (Å²) < 4.78 is 4.97. The molecule has 1 aliphatic heterocycles. The van der Waals surface area contributed by atoms with E-state index < -0.39 is 6.04 Å². The van der Waals surface area contributed by atoms with E-state index in [2.05, 4.69) is 20.4 Å². The molecule has 0 aliphatic carbocycles. The lowest BCUT2D eigenvalue weighted by Gasteiger charge is -2.35. The van der Waals surface area contributed by atoms with Gasteiger partial charge in [0.2, 0.25) is 17.7 Å². The number of benzene rings is 1. The Morgan fingerprint density at radius 2 is 2.15 bits per heavy atom. The van der Waals surface area contributed by atoms with Crippen molar-refractivity contribution in [2.24, 2.45) is 0 Å². The molecule has 1 atom stereocenters. The Bertz CT molecular complexity index is 777. The molecule has 3 rings (SSSR count). The first kappa shape index (κ1) is 19.0. The highest BCUT2D eigenvalue weighted by molar-refractivity contribution is 5.88. The Labute approximate surface area is 158 Å². The van der Waals surface area contributed by atoms with Crippen molar-refractivity contribution in [2.75, 3.05) is 19.6 Å². The summed E-state index contributed by atoms with van der Waals surface area (Å²) in [7, 11) is 0. The molecule has 1 N–H and O–H groups in total. The first-order chi connectivity index (χ1) is 13.1. The van der Waals surface area contributed by atoms with Crippen molar-refractivity contribution in [3.8, 4) is 0 Å². The van der Waals surface area contributed by atoms with Gasteiger partial charge in [-0.2, -0.15) is 4.98 Å². The van der Waals surface area contributed by atoms with Crippen LogP contribution in [0.4, 0.5) is 0 Å². The molecule has 8 nitrogen and oxygen atoms in total. The summed E-state index contributed by atoms with van der Waals surface area (Å²) >= 11 is 0. The Morgan fingerprint density at radius 1 is 1.37 bits per heavy atom. The van der Waals surface area contributed by atoms with Gasteiger partial charge < -0.3 is 14.7 Å². The maximum atomic E-state index is 12.8. The number of nitrogens with one attached hydrogen (secondary N) is 1. The largest absolute Gasteiger partial charge is 0.353 e. The minimum Gasteiger partial charge on any atom is -0.353 e. The molecule has 1 fully saturated rings. The molecule has 0 spiro atoms. The number of piperazine rings is 1. The average molecular weight is 371 g/mol. The number of carbonyl (C=O) groups is 2. The third-order valence-corrected chi connectivity index (χ3v) is 4.67. The van der Waals surface area contributed by atoms with Crippen LogP contribution in [0.5, 0.6) is 0 Å². The number of hydrogen-bond donors (Lipinski definition) is 1. The monoisotopic (exact) mass is 371 g/mol. The fraction of sp³-hybridized carbons (Fsp3) is 0.474. The predicted molar refractivity (Wildman–Crippen MR) is 98.4 cm³/mol. The molecule has 2 heterocycles. The van der Waals surface area contributed by atoms with Gasteiger partial charge in [-0.15, -0.1) is 0 Å². The van der Waals surface area contributed by atoms with E-state index in [4.69, 9.17) is 4.52 Å². The summed E-state index contributed by atoms with van der Waals surface area (Å²) in [6.07, 6.45) is 0.128. The Hall–Kier alpha value is -2.74. The van der Waals surface area contributed by atoms with E-state index in [9.17, 15) is 9.59 Å². The van der Waals surface area contributed by atoms with Crippen LogP contribution >= 0.6 is 0 Å². The Kier molecular flexibility index (Phi) is 6.18. The molecule has 1 aromatic carbocycles. The van der Waals surface area contributed by atoms with Crippen molar-refractivity contribution >= 4 is 11.8 Å². The van der Waals surface area contributed by atoms with E-state index in [-0.39, 0.29) is 24.8 Å². The molecule has 0 saturated carbocycles.